The summed E-state index contributed by atoms with van der Waals surface area (Å²) in [6.45, 7) is 5.50. The van der Waals surface area contributed by atoms with Gasteiger partial charge in [-0.2, -0.15) is 5.90 Å². The van der Waals surface area contributed by atoms with Crippen LogP contribution in [0.25, 0.3) is 0 Å². The molecule has 0 heterocycles. The lowest BCUT2D eigenvalue weighted by molar-refractivity contribution is 0.231. The molecule has 0 saturated heterocycles. The van der Waals surface area contributed by atoms with E-state index in [4.69, 9.17) is 11.6 Å². The van der Waals surface area contributed by atoms with Gasteiger partial charge in [0.05, 0.1) is 5.70 Å². The van der Waals surface area contributed by atoms with E-state index in [0.29, 0.717) is 11.5 Å². The van der Waals surface area contributed by atoms with Crippen molar-refractivity contribution < 1.29 is 4.84 Å². The Bertz CT molecular complexity index is 183. The van der Waals surface area contributed by atoms with Gasteiger partial charge in [0.15, 0.2) is 5.76 Å². The van der Waals surface area contributed by atoms with E-state index >= 15 is 0 Å². The number of rotatable bonds is 4. The van der Waals surface area contributed by atoms with Crippen LogP contribution in [0.5, 0.6) is 0 Å². The van der Waals surface area contributed by atoms with E-state index in [1.54, 1.807) is 6.08 Å². The molecular formula is C8H14N2O. The monoisotopic (exact) mass is 154 g/mol. The molecule has 0 aromatic carbocycles. The number of nitrogens with two attached hydrogens (primary N) is 2. The molecule has 0 amide bonds. The summed E-state index contributed by atoms with van der Waals surface area (Å²) in [6, 6.07) is 0. The molecule has 0 radical (unpaired) electrons. The predicted molar refractivity (Wildman–Crippen MR) is 46.1 cm³/mol. The fourth-order valence-electron chi connectivity index (χ4n) is 0.561. The van der Waals surface area contributed by atoms with Crippen molar-refractivity contribution in [3.63, 3.8) is 0 Å². The first-order chi connectivity index (χ1) is 5.26. The van der Waals surface area contributed by atoms with Gasteiger partial charge >= 0.3 is 0 Å². The summed E-state index contributed by atoms with van der Waals surface area (Å²) in [5, 5.41) is 0. The van der Waals surface area contributed by atoms with Crippen molar-refractivity contribution in [3.05, 3.63) is 36.3 Å². The highest BCUT2D eigenvalue weighted by Gasteiger charge is 1.93. The summed E-state index contributed by atoms with van der Waals surface area (Å²) < 4.78 is 0. The van der Waals surface area contributed by atoms with Crippen LogP contribution < -0.4 is 11.6 Å². The van der Waals surface area contributed by atoms with Crippen molar-refractivity contribution in [2.75, 3.05) is 0 Å². The maximum absolute atomic E-state index is 5.54. The van der Waals surface area contributed by atoms with Gasteiger partial charge in [0.25, 0.3) is 0 Å². The highest BCUT2D eigenvalue weighted by molar-refractivity contribution is 5.25. The molecule has 0 saturated carbocycles. The van der Waals surface area contributed by atoms with E-state index in [1.807, 2.05) is 13.0 Å². The van der Waals surface area contributed by atoms with Crippen LogP contribution in [0.15, 0.2) is 36.3 Å². The van der Waals surface area contributed by atoms with Crippen molar-refractivity contribution in [1.29, 1.82) is 0 Å². The Balaban J connectivity index is 4.34. The van der Waals surface area contributed by atoms with Crippen molar-refractivity contribution in [3.8, 4) is 0 Å². The average molecular weight is 154 g/mol. The third kappa shape index (κ3) is 3.47. The van der Waals surface area contributed by atoms with Gasteiger partial charge in [0, 0.05) is 0 Å². The Kier molecular flexibility index (Phi) is 4.94. The Morgan fingerprint density at radius 2 is 2.27 bits per heavy atom. The molecule has 11 heavy (non-hydrogen) atoms. The average Bonchev–Trinajstić information content (AvgIpc) is 2.03. The van der Waals surface area contributed by atoms with Gasteiger partial charge in [-0.1, -0.05) is 19.6 Å². The Morgan fingerprint density at radius 1 is 1.64 bits per heavy atom. The minimum atomic E-state index is 0.398. The maximum atomic E-state index is 5.54. The minimum Gasteiger partial charge on any atom is -0.409 e. The molecule has 0 rings (SSSR count). The summed E-state index contributed by atoms with van der Waals surface area (Å²) >= 11 is 0. The molecule has 3 heteroatoms. The molecule has 0 aliphatic rings. The Morgan fingerprint density at radius 3 is 2.64 bits per heavy atom. The van der Waals surface area contributed by atoms with Gasteiger partial charge < -0.3 is 10.6 Å². The molecule has 0 aromatic heterocycles. The Hall–Kier alpha value is -1.22. The molecule has 0 aliphatic heterocycles. The molecule has 0 unspecified atom stereocenters. The number of hydrogen-bond acceptors (Lipinski definition) is 3. The third-order valence-electron chi connectivity index (χ3n) is 1.13. The number of allylic oxidation sites excluding steroid dienone is 3. The molecule has 62 valence electrons. The van der Waals surface area contributed by atoms with Gasteiger partial charge in [0.1, 0.15) is 0 Å². The molecule has 0 atom stereocenters. The van der Waals surface area contributed by atoms with Crippen LogP contribution in [0.2, 0.25) is 0 Å². The van der Waals surface area contributed by atoms with E-state index < -0.39 is 0 Å². The van der Waals surface area contributed by atoms with Crippen LogP contribution in [0.4, 0.5) is 0 Å². The molecule has 4 N–H and O–H groups in total. The van der Waals surface area contributed by atoms with Crippen molar-refractivity contribution in [1.82, 2.24) is 0 Å². The van der Waals surface area contributed by atoms with Crippen LogP contribution in [0.3, 0.4) is 0 Å². The second kappa shape index (κ2) is 5.56. The molecular weight excluding hydrogens is 140 g/mol. The lowest BCUT2D eigenvalue weighted by atomic mass is 10.3. The quantitative estimate of drug-likeness (QED) is 0.363. The topological polar surface area (TPSA) is 61.3 Å². The Labute approximate surface area is 67.0 Å². The first kappa shape index (κ1) is 9.78. The smallest absolute Gasteiger partial charge is 0.169 e. The van der Waals surface area contributed by atoms with E-state index in [-0.39, 0.29) is 0 Å². The zero-order chi connectivity index (χ0) is 8.69. The van der Waals surface area contributed by atoms with Crippen LogP contribution >= 0.6 is 0 Å². The van der Waals surface area contributed by atoms with Gasteiger partial charge in [-0.05, 0) is 18.6 Å². The van der Waals surface area contributed by atoms with Crippen molar-refractivity contribution in [2.24, 2.45) is 11.6 Å². The lowest BCUT2D eigenvalue weighted by Crippen LogP contribution is -2.05. The zero-order valence-electron chi connectivity index (χ0n) is 6.71. The van der Waals surface area contributed by atoms with Crippen LogP contribution in [0, 0.1) is 0 Å². The summed E-state index contributed by atoms with van der Waals surface area (Å²) in [6.07, 6.45) is 6.05. The summed E-state index contributed by atoms with van der Waals surface area (Å²) in [7, 11) is 0. The first-order valence-electron chi connectivity index (χ1n) is 3.41. The van der Waals surface area contributed by atoms with E-state index in [0.717, 1.165) is 6.42 Å². The second-order valence-electron chi connectivity index (χ2n) is 1.95. The fraction of sp³-hybridized carbons (Fsp3) is 0.250. The molecule has 0 fully saturated rings. The van der Waals surface area contributed by atoms with Gasteiger partial charge in [0.2, 0.25) is 0 Å². The second-order valence-corrected chi connectivity index (χ2v) is 1.95. The molecule has 0 spiro atoms. The molecule has 0 bridgehead atoms. The standard InChI is InChI=1S/C8H14N2O/c1-3-5-6-7(9)8(4-2)11-10/h4-6H,2-3,9-10H2,1H3/b6-5-,8-7-. The normalized spacial score (nSPS) is 12.9. The minimum absolute atomic E-state index is 0.398. The third-order valence-corrected chi connectivity index (χ3v) is 1.13. The van der Waals surface area contributed by atoms with Crippen molar-refractivity contribution >= 4 is 0 Å². The zero-order valence-corrected chi connectivity index (χ0v) is 6.71. The van der Waals surface area contributed by atoms with E-state index in [2.05, 4.69) is 11.4 Å². The van der Waals surface area contributed by atoms with E-state index in [9.17, 15) is 0 Å². The lowest BCUT2D eigenvalue weighted by Gasteiger charge is -2.00. The van der Waals surface area contributed by atoms with Gasteiger partial charge in [-0.15, -0.1) is 0 Å². The number of hydrogen-bond donors (Lipinski definition) is 2. The molecule has 0 aromatic rings. The fourth-order valence-corrected chi connectivity index (χ4v) is 0.561. The molecule has 0 aliphatic carbocycles. The largest absolute Gasteiger partial charge is 0.409 e. The van der Waals surface area contributed by atoms with Crippen LogP contribution in [-0.4, -0.2) is 0 Å². The summed E-state index contributed by atoms with van der Waals surface area (Å²) in [5.41, 5.74) is 6.03. The van der Waals surface area contributed by atoms with Crippen molar-refractivity contribution in [2.45, 2.75) is 13.3 Å². The van der Waals surface area contributed by atoms with Gasteiger partial charge in [-0.3, -0.25) is 0 Å². The summed E-state index contributed by atoms with van der Waals surface area (Å²) in [4.78, 5) is 4.44. The summed E-state index contributed by atoms with van der Waals surface area (Å²) in [5.74, 6) is 5.31. The highest BCUT2D eigenvalue weighted by atomic mass is 16.6. The van der Waals surface area contributed by atoms with Gasteiger partial charge in [-0.25, -0.2) is 0 Å². The van der Waals surface area contributed by atoms with Crippen LogP contribution in [-0.2, 0) is 4.84 Å². The highest BCUT2D eigenvalue weighted by Crippen LogP contribution is 2.00. The molecule has 3 nitrogen and oxygen atoms in total. The van der Waals surface area contributed by atoms with Crippen LogP contribution in [0.1, 0.15) is 13.3 Å². The predicted octanol–water partition coefficient (Wildman–Crippen LogP) is 1.20. The van der Waals surface area contributed by atoms with E-state index in [1.165, 1.54) is 6.08 Å². The SMILES string of the molecule is C=C/C(ON)=C(N)\C=C/CC. The maximum Gasteiger partial charge on any atom is 0.169 e. The first-order valence-corrected chi connectivity index (χ1v) is 3.41.